The molecule has 1 aromatic heterocycles. The van der Waals surface area contributed by atoms with Crippen LogP contribution in [0.15, 0.2) is 42.6 Å². The highest BCUT2D eigenvalue weighted by molar-refractivity contribution is 5.27. The number of aromatic nitrogens is 1. The monoisotopic (exact) mass is 244 g/mol. The Morgan fingerprint density at radius 3 is 2.83 bits per heavy atom. The largest absolute Gasteiger partial charge is 0.492 e. The standard InChI is InChI=1S/C15H20N2O/c1-13-5-3-7-15(11-13)18-10-8-16-12-14-6-4-9-17(14)2/h3-7,9,11,16H,8,10,12H2,1-2H3. The first-order valence-electron chi connectivity index (χ1n) is 6.26. The number of hydrogen-bond acceptors (Lipinski definition) is 2. The minimum atomic E-state index is 0.688. The summed E-state index contributed by atoms with van der Waals surface area (Å²) in [5.41, 5.74) is 2.51. The quantitative estimate of drug-likeness (QED) is 0.790. The lowest BCUT2D eigenvalue weighted by Gasteiger charge is -2.08. The third-order valence-electron chi connectivity index (χ3n) is 2.89. The summed E-state index contributed by atoms with van der Waals surface area (Å²) in [5.74, 6) is 0.940. The Labute approximate surface area is 108 Å². The zero-order valence-electron chi connectivity index (χ0n) is 11.0. The van der Waals surface area contributed by atoms with E-state index in [0.29, 0.717) is 6.61 Å². The van der Waals surface area contributed by atoms with Gasteiger partial charge in [-0.2, -0.15) is 0 Å². The summed E-state index contributed by atoms with van der Waals surface area (Å²) in [5, 5.41) is 3.37. The highest BCUT2D eigenvalue weighted by Gasteiger charge is 1.97. The van der Waals surface area contributed by atoms with Gasteiger partial charge in [0, 0.05) is 32.0 Å². The molecule has 0 aliphatic heterocycles. The predicted octanol–water partition coefficient (Wildman–Crippen LogP) is 2.50. The van der Waals surface area contributed by atoms with Crippen molar-refractivity contribution in [2.75, 3.05) is 13.2 Å². The van der Waals surface area contributed by atoms with Crippen LogP contribution < -0.4 is 10.1 Å². The zero-order chi connectivity index (χ0) is 12.8. The minimum absolute atomic E-state index is 0.688. The third kappa shape index (κ3) is 3.64. The van der Waals surface area contributed by atoms with Gasteiger partial charge in [0.2, 0.25) is 0 Å². The van der Waals surface area contributed by atoms with Gasteiger partial charge in [-0.15, -0.1) is 0 Å². The van der Waals surface area contributed by atoms with Crippen LogP contribution in [0.1, 0.15) is 11.3 Å². The van der Waals surface area contributed by atoms with Crippen molar-refractivity contribution in [1.82, 2.24) is 9.88 Å². The highest BCUT2D eigenvalue weighted by Crippen LogP contribution is 2.11. The topological polar surface area (TPSA) is 26.2 Å². The predicted molar refractivity (Wildman–Crippen MR) is 73.8 cm³/mol. The third-order valence-corrected chi connectivity index (χ3v) is 2.89. The van der Waals surface area contributed by atoms with Crippen LogP contribution in [0.4, 0.5) is 0 Å². The Hall–Kier alpha value is -1.74. The van der Waals surface area contributed by atoms with Gasteiger partial charge >= 0.3 is 0 Å². The second-order valence-electron chi connectivity index (χ2n) is 4.45. The van der Waals surface area contributed by atoms with E-state index in [-0.39, 0.29) is 0 Å². The van der Waals surface area contributed by atoms with Gasteiger partial charge in [-0.25, -0.2) is 0 Å². The van der Waals surface area contributed by atoms with E-state index in [1.807, 2.05) is 12.1 Å². The van der Waals surface area contributed by atoms with Crippen LogP contribution in [0, 0.1) is 6.92 Å². The van der Waals surface area contributed by atoms with E-state index in [0.717, 1.165) is 18.8 Å². The maximum atomic E-state index is 5.67. The molecule has 3 heteroatoms. The maximum Gasteiger partial charge on any atom is 0.119 e. The molecule has 2 rings (SSSR count). The summed E-state index contributed by atoms with van der Waals surface area (Å²) < 4.78 is 7.79. The summed E-state index contributed by atoms with van der Waals surface area (Å²) in [7, 11) is 2.06. The number of nitrogens with one attached hydrogen (secondary N) is 1. The van der Waals surface area contributed by atoms with Gasteiger partial charge < -0.3 is 14.6 Å². The van der Waals surface area contributed by atoms with Crippen molar-refractivity contribution in [3.63, 3.8) is 0 Å². The van der Waals surface area contributed by atoms with Crippen molar-refractivity contribution in [3.05, 3.63) is 53.9 Å². The number of rotatable bonds is 6. The van der Waals surface area contributed by atoms with Gasteiger partial charge in [-0.3, -0.25) is 0 Å². The highest BCUT2D eigenvalue weighted by atomic mass is 16.5. The molecule has 0 spiro atoms. The van der Waals surface area contributed by atoms with Crippen LogP contribution in [-0.4, -0.2) is 17.7 Å². The van der Waals surface area contributed by atoms with Gasteiger partial charge in [0.1, 0.15) is 12.4 Å². The summed E-state index contributed by atoms with van der Waals surface area (Å²) >= 11 is 0. The zero-order valence-corrected chi connectivity index (χ0v) is 11.0. The molecule has 0 radical (unpaired) electrons. The Kier molecular flexibility index (Phi) is 4.42. The molecule has 0 unspecified atom stereocenters. The molecule has 18 heavy (non-hydrogen) atoms. The van der Waals surface area contributed by atoms with Crippen molar-refractivity contribution in [2.45, 2.75) is 13.5 Å². The SMILES string of the molecule is Cc1cccc(OCCNCc2cccn2C)c1. The molecule has 0 aliphatic carbocycles. The fourth-order valence-electron chi connectivity index (χ4n) is 1.84. The molecule has 0 amide bonds. The van der Waals surface area contributed by atoms with Gasteiger partial charge in [0.15, 0.2) is 0 Å². The first-order chi connectivity index (χ1) is 8.75. The van der Waals surface area contributed by atoms with E-state index in [1.165, 1.54) is 11.3 Å². The van der Waals surface area contributed by atoms with E-state index in [4.69, 9.17) is 4.74 Å². The molecular formula is C15H20N2O. The number of benzene rings is 1. The van der Waals surface area contributed by atoms with E-state index in [1.54, 1.807) is 0 Å². The van der Waals surface area contributed by atoms with Crippen LogP contribution >= 0.6 is 0 Å². The molecule has 1 heterocycles. The smallest absolute Gasteiger partial charge is 0.119 e. The lowest BCUT2D eigenvalue weighted by Crippen LogP contribution is -2.21. The first kappa shape index (κ1) is 12.7. The lowest BCUT2D eigenvalue weighted by molar-refractivity contribution is 0.313. The van der Waals surface area contributed by atoms with Crippen LogP contribution in [0.2, 0.25) is 0 Å². The average molecular weight is 244 g/mol. The van der Waals surface area contributed by atoms with Crippen molar-refractivity contribution in [2.24, 2.45) is 7.05 Å². The van der Waals surface area contributed by atoms with Gasteiger partial charge in [-0.05, 0) is 36.8 Å². The lowest BCUT2D eigenvalue weighted by atomic mass is 10.2. The maximum absolute atomic E-state index is 5.67. The molecular weight excluding hydrogens is 224 g/mol. The number of nitrogens with zero attached hydrogens (tertiary/aromatic N) is 1. The molecule has 3 nitrogen and oxygen atoms in total. The Bertz CT molecular complexity index is 491. The van der Waals surface area contributed by atoms with Gasteiger partial charge in [0.05, 0.1) is 0 Å². The number of ether oxygens (including phenoxy) is 1. The van der Waals surface area contributed by atoms with Crippen molar-refractivity contribution in [3.8, 4) is 5.75 Å². The molecule has 0 saturated carbocycles. The van der Waals surface area contributed by atoms with Crippen LogP contribution in [0.25, 0.3) is 0 Å². The summed E-state index contributed by atoms with van der Waals surface area (Å²) in [6.07, 6.45) is 2.06. The average Bonchev–Trinajstić information content (AvgIpc) is 2.75. The fraction of sp³-hybridized carbons (Fsp3) is 0.333. The molecule has 0 atom stereocenters. The second kappa shape index (κ2) is 6.26. The molecule has 1 N–H and O–H groups in total. The normalized spacial score (nSPS) is 10.6. The van der Waals surface area contributed by atoms with E-state index >= 15 is 0 Å². The van der Waals surface area contributed by atoms with Gasteiger partial charge in [-0.1, -0.05) is 12.1 Å². The summed E-state index contributed by atoms with van der Waals surface area (Å²) in [4.78, 5) is 0. The van der Waals surface area contributed by atoms with Gasteiger partial charge in [0.25, 0.3) is 0 Å². The molecule has 2 aromatic rings. The van der Waals surface area contributed by atoms with E-state index in [9.17, 15) is 0 Å². The Morgan fingerprint density at radius 2 is 2.11 bits per heavy atom. The molecule has 0 saturated heterocycles. The van der Waals surface area contributed by atoms with Crippen molar-refractivity contribution < 1.29 is 4.74 Å². The Balaban J connectivity index is 1.66. The molecule has 0 fully saturated rings. The molecule has 0 aliphatic rings. The fourth-order valence-corrected chi connectivity index (χ4v) is 1.84. The molecule has 1 aromatic carbocycles. The molecule has 96 valence electrons. The number of hydrogen-bond donors (Lipinski definition) is 1. The summed E-state index contributed by atoms with van der Waals surface area (Å²) in [6.45, 7) is 4.48. The molecule has 0 bridgehead atoms. The minimum Gasteiger partial charge on any atom is -0.492 e. The van der Waals surface area contributed by atoms with Crippen LogP contribution in [-0.2, 0) is 13.6 Å². The van der Waals surface area contributed by atoms with Crippen molar-refractivity contribution >= 4 is 0 Å². The second-order valence-corrected chi connectivity index (χ2v) is 4.45. The summed E-state index contributed by atoms with van der Waals surface area (Å²) in [6, 6.07) is 12.3. The van der Waals surface area contributed by atoms with E-state index < -0.39 is 0 Å². The van der Waals surface area contributed by atoms with Crippen LogP contribution in [0.3, 0.4) is 0 Å². The van der Waals surface area contributed by atoms with Crippen LogP contribution in [0.5, 0.6) is 5.75 Å². The Morgan fingerprint density at radius 1 is 1.22 bits per heavy atom. The number of aryl methyl sites for hydroxylation is 2. The van der Waals surface area contributed by atoms with Crippen molar-refractivity contribution in [1.29, 1.82) is 0 Å². The first-order valence-corrected chi connectivity index (χ1v) is 6.26. The van der Waals surface area contributed by atoms with E-state index in [2.05, 4.69) is 54.3 Å².